The molecule has 0 radical (unpaired) electrons. The van der Waals surface area contributed by atoms with Crippen molar-refractivity contribution >= 4 is 45.4 Å². The average Bonchev–Trinajstić information content (AvgIpc) is 2.55. The summed E-state index contributed by atoms with van der Waals surface area (Å²) in [6.45, 7) is 6.89. The number of hydrogen-bond acceptors (Lipinski definition) is 3. The van der Waals surface area contributed by atoms with E-state index >= 15 is 0 Å². The van der Waals surface area contributed by atoms with Crippen LogP contribution in [0.3, 0.4) is 0 Å². The van der Waals surface area contributed by atoms with E-state index in [1.165, 1.54) is 55.5 Å². The van der Waals surface area contributed by atoms with Crippen molar-refractivity contribution in [3.05, 3.63) is 11.2 Å². The molecule has 0 aliphatic rings. The SMILES string of the molecule is CCC[CH2][Sn]([CH2]CCC)([CH2]CCC)[c]1nc(SC)ncc1Cl. The number of nitrogens with zero attached hydrogens (tertiary/aromatic N) is 2. The first-order valence-corrected chi connectivity index (χ1v) is 17.8. The van der Waals surface area contributed by atoms with Crippen molar-refractivity contribution in [1.29, 1.82) is 0 Å². The van der Waals surface area contributed by atoms with E-state index in [0.717, 1.165) is 10.2 Å². The standard InChI is InChI=1S/C5H4ClN2S.3C4H9.Sn/c1-9-5-7-2-4(6)3-8-5;3*1-3-4-2;/h2H,1H3;3*1,3-4H2,2H3;. The minimum atomic E-state index is -2.52. The van der Waals surface area contributed by atoms with Crippen LogP contribution in [0.1, 0.15) is 59.3 Å². The van der Waals surface area contributed by atoms with Crippen LogP contribution < -0.4 is 3.71 Å². The Morgan fingerprint density at radius 1 is 1.00 bits per heavy atom. The first-order valence-electron chi connectivity index (χ1n) is 8.70. The molecule has 0 aromatic carbocycles. The van der Waals surface area contributed by atoms with Gasteiger partial charge in [0.1, 0.15) is 0 Å². The zero-order valence-electron chi connectivity index (χ0n) is 14.6. The van der Waals surface area contributed by atoms with Gasteiger partial charge in [-0.25, -0.2) is 0 Å². The quantitative estimate of drug-likeness (QED) is 0.239. The molecule has 0 fully saturated rings. The Morgan fingerprint density at radius 3 is 1.91 bits per heavy atom. The van der Waals surface area contributed by atoms with Crippen molar-refractivity contribution in [2.24, 2.45) is 0 Å². The van der Waals surface area contributed by atoms with Crippen LogP contribution >= 0.6 is 23.4 Å². The van der Waals surface area contributed by atoms with E-state index < -0.39 is 18.4 Å². The molecule has 2 nitrogen and oxygen atoms in total. The number of unbranched alkanes of at least 4 members (excludes halogenated alkanes) is 3. The second-order valence-electron chi connectivity index (χ2n) is 6.14. The van der Waals surface area contributed by atoms with Gasteiger partial charge in [-0.3, -0.25) is 0 Å². The zero-order valence-corrected chi connectivity index (χ0v) is 19.0. The summed E-state index contributed by atoms with van der Waals surface area (Å²) < 4.78 is 5.51. The molecule has 1 aromatic heterocycles. The summed E-state index contributed by atoms with van der Waals surface area (Å²) >= 11 is 5.70. The number of rotatable bonds is 11. The van der Waals surface area contributed by atoms with Crippen molar-refractivity contribution in [3.8, 4) is 0 Å². The van der Waals surface area contributed by atoms with Crippen LogP contribution in [0.2, 0.25) is 18.3 Å². The minimum absolute atomic E-state index is 0.844. The molecule has 0 atom stereocenters. The Labute approximate surface area is 150 Å². The number of thioether (sulfide) groups is 1. The van der Waals surface area contributed by atoms with Crippen molar-refractivity contribution in [3.63, 3.8) is 0 Å². The van der Waals surface area contributed by atoms with Gasteiger partial charge in [0.25, 0.3) is 0 Å². The van der Waals surface area contributed by atoms with E-state index in [9.17, 15) is 0 Å². The predicted octanol–water partition coefficient (Wildman–Crippen LogP) is 5.91. The maximum atomic E-state index is 6.59. The molecular weight excluding hydrogens is 418 g/mol. The molecule has 0 amide bonds. The second kappa shape index (κ2) is 11.1. The van der Waals surface area contributed by atoms with E-state index in [1.54, 1.807) is 11.8 Å². The molecule has 0 bridgehead atoms. The second-order valence-corrected chi connectivity index (χ2v) is 20.3. The molecule has 0 aliphatic carbocycles. The van der Waals surface area contributed by atoms with Crippen LogP contribution in [0.15, 0.2) is 11.4 Å². The first kappa shape index (κ1) is 20.6. The third kappa shape index (κ3) is 5.86. The average molecular weight is 450 g/mol. The van der Waals surface area contributed by atoms with Crippen LogP contribution in [0.25, 0.3) is 0 Å². The van der Waals surface area contributed by atoms with Crippen LogP contribution in [0, 0.1) is 0 Å². The fourth-order valence-electron chi connectivity index (χ4n) is 3.10. The van der Waals surface area contributed by atoms with Gasteiger partial charge in [0.2, 0.25) is 0 Å². The molecule has 0 saturated carbocycles. The predicted molar refractivity (Wildman–Crippen MR) is 103 cm³/mol. The van der Waals surface area contributed by atoms with Gasteiger partial charge < -0.3 is 0 Å². The van der Waals surface area contributed by atoms with Crippen molar-refractivity contribution in [2.45, 2.75) is 77.8 Å². The Hall–Kier alpha value is 0.519. The fraction of sp³-hybridized carbons (Fsp3) is 0.765. The molecular formula is C17H31ClN2SSn. The molecule has 0 spiro atoms. The van der Waals surface area contributed by atoms with Crippen LogP contribution in [-0.4, -0.2) is 34.6 Å². The Kier molecular flexibility index (Phi) is 10.4. The summed E-state index contributed by atoms with van der Waals surface area (Å²) in [5.74, 6) is 0. The molecule has 1 rings (SSSR count). The van der Waals surface area contributed by atoms with Gasteiger partial charge in [0.15, 0.2) is 0 Å². The van der Waals surface area contributed by atoms with Gasteiger partial charge >= 0.3 is 151 Å². The third-order valence-electron chi connectivity index (χ3n) is 4.43. The number of aromatic nitrogens is 2. The summed E-state index contributed by atoms with van der Waals surface area (Å²) in [4.78, 5) is 9.30. The van der Waals surface area contributed by atoms with E-state index in [-0.39, 0.29) is 0 Å². The molecule has 1 heterocycles. The van der Waals surface area contributed by atoms with Gasteiger partial charge in [-0.2, -0.15) is 0 Å². The van der Waals surface area contributed by atoms with Gasteiger partial charge in [-0.15, -0.1) is 0 Å². The maximum absolute atomic E-state index is 6.59. The van der Waals surface area contributed by atoms with Gasteiger partial charge in [0.05, 0.1) is 0 Å². The van der Waals surface area contributed by atoms with E-state index in [1.807, 2.05) is 12.5 Å². The topological polar surface area (TPSA) is 25.8 Å². The van der Waals surface area contributed by atoms with Crippen molar-refractivity contribution in [2.75, 3.05) is 6.26 Å². The Balaban J connectivity index is 3.23. The molecule has 0 saturated heterocycles. The molecule has 5 heteroatoms. The molecule has 0 N–H and O–H groups in total. The summed E-state index contributed by atoms with van der Waals surface area (Å²) in [6.07, 6.45) is 11.7. The Bertz CT molecular complexity index is 421. The molecule has 0 unspecified atom stereocenters. The molecule has 22 heavy (non-hydrogen) atoms. The molecule has 0 aliphatic heterocycles. The van der Waals surface area contributed by atoms with E-state index in [0.29, 0.717) is 0 Å². The third-order valence-corrected chi connectivity index (χ3v) is 20.9. The van der Waals surface area contributed by atoms with E-state index in [4.69, 9.17) is 16.6 Å². The van der Waals surface area contributed by atoms with Crippen LogP contribution in [-0.2, 0) is 0 Å². The molecule has 1 aromatic rings. The fourth-order valence-corrected chi connectivity index (χ4v) is 20.7. The number of hydrogen-bond donors (Lipinski definition) is 0. The van der Waals surface area contributed by atoms with Crippen molar-refractivity contribution in [1.82, 2.24) is 9.97 Å². The monoisotopic (exact) mass is 450 g/mol. The van der Waals surface area contributed by atoms with Crippen LogP contribution in [0.4, 0.5) is 0 Å². The normalized spacial score (nSPS) is 11.9. The van der Waals surface area contributed by atoms with Crippen molar-refractivity contribution < 1.29 is 0 Å². The summed E-state index contributed by atoms with van der Waals surface area (Å²) in [5, 5.41) is 1.74. The Morgan fingerprint density at radius 2 is 1.50 bits per heavy atom. The van der Waals surface area contributed by atoms with Gasteiger partial charge in [-0.1, -0.05) is 0 Å². The number of halogens is 1. The summed E-state index contributed by atoms with van der Waals surface area (Å²) in [7, 11) is 0. The van der Waals surface area contributed by atoms with Gasteiger partial charge in [0, 0.05) is 0 Å². The van der Waals surface area contributed by atoms with E-state index in [2.05, 4.69) is 25.8 Å². The van der Waals surface area contributed by atoms with Gasteiger partial charge in [-0.05, 0) is 0 Å². The first-order chi connectivity index (χ1) is 10.6. The zero-order chi connectivity index (χ0) is 16.4. The summed E-state index contributed by atoms with van der Waals surface area (Å²) in [6, 6.07) is 0. The molecule has 126 valence electrons. The summed E-state index contributed by atoms with van der Waals surface area (Å²) in [5.41, 5.74) is 0. The van der Waals surface area contributed by atoms with Crippen LogP contribution in [0.5, 0.6) is 0 Å².